The van der Waals surface area contributed by atoms with Crippen molar-refractivity contribution in [1.29, 1.82) is 0 Å². The van der Waals surface area contributed by atoms with Crippen molar-refractivity contribution < 1.29 is 5.11 Å². The van der Waals surface area contributed by atoms with Crippen LogP contribution in [0.25, 0.3) is 10.8 Å². The van der Waals surface area contributed by atoms with Gasteiger partial charge in [0.1, 0.15) is 5.75 Å². The Balaban J connectivity index is 3.02. The van der Waals surface area contributed by atoms with Gasteiger partial charge >= 0.3 is 0 Å². The van der Waals surface area contributed by atoms with Gasteiger partial charge in [0.2, 0.25) is 0 Å². The Morgan fingerprint density at radius 3 is 2.00 bits per heavy atom. The SMILES string of the molecule is Cc1c(C)c(O)c2ccccc2c1C. The fraction of sp³-hybridized carbons (Fsp3) is 0.231. The fourth-order valence-corrected chi connectivity index (χ4v) is 1.88. The highest BCUT2D eigenvalue weighted by Crippen LogP contribution is 2.33. The molecule has 1 heteroatoms. The first-order valence-corrected chi connectivity index (χ1v) is 4.80. The minimum absolute atomic E-state index is 0.420. The van der Waals surface area contributed by atoms with Crippen LogP contribution in [0.4, 0.5) is 0 Å². The maximum absolute atomic E-state index is 9.96. The molecule has 0 bridgehead atoms. The molecule has 0 aliphatic rings. The van der Waals surface area contributed by atoms with Gasteiger partial charge in [-0.1, -0.05) is 24.3 Å². The summed E-state index contributed by atoms with van der Waals surface area (Å²) in [5, 5.41) is 12.1. The van der Waals surface area contributed by atoms with Crippen molar-refractivity contribution in [3.05, 3.63) is 41.0 Å². The van der Waals surface area contributed by atoms with Gasteiger partial charge in [0.15, 0.2) is 0 Å². The molecule has 0 heterocycles. The van der Waals surface area contributed by atoms with Crippen molar-refractivity contribution in [2.24, 2.45) is 0 Å². The summed E-state index contributed by atoms with van der Waals surface area (Å²) in [7, 11) is 0. The van der Waals surface area contributed by atoms with E-state index in [4.69, 9.17) is 0 Å². The van der Waals surface area contributed by atoms with Crippen molar-refractivity contribution in [3.8, 4) is 5.75 Å². The van der Waals surface area contributed by atoms with E-state index < -0.39 is 0 Å². The average molecular weight is 186 g/mol. The third kappa shape index (κ3) is 1.09. The first kappa shape index (κ1) is 9.07. The first-order chi connectivity index (χ1) is 6.63. The summed E-state index contributed by atoms with van der Waals surface area (Å²) in [5.41, 5.74) is 3.43. The number of hydrogen-bond donors (Lipinski definition) is 1. The molecule has 2 aromatic rings. The molecule has 72 valence electrons. The molecule has 0 saturated heterocycles. The van der Waals surface area contributed by atoms with Gasteiger partial charge in [-0.3, -0.25) is 0 Å². The summed E-state index contributed by atoms with van der Waals surface area (Å²) in [4.78, 5) is 0. The normalized spacial score (nSPS) is 10.8. The average Bonchev–Trinajstić information content (AvgIpc) is 2.23. The van der Waals surface area contributed by atoms with Crippen LogP contribution in [0.3, 0.4) is 0 Å². The third-order valence-corrected chi connectivity index (χ3v) is 3.07. The van der Waals surface area contributed by atoms with E-state index in [2.05, 4.69) is 19.9 Å². The predicted molar refractivity (Wildman–Crippen MR) is 59.8 cm³/mol. The zero-order valence-corrected chi connectivity index (χ0v) is 8.76. The van der Waals surface area contributed by atoms with E-state index in [1.165, 1.54) is 11.1 Å². The molecule has 2 aromatic carbocycles. The van der Waals surface area contributed by atoms with Crippen molar-refractivity contribution in [3.63, 3.8) is 0 Å². The molecule has 0 atom stereocenters. The van der Waals surface area contributed by atoms with Gasteiger partial charge in [-0.15, -0.1) is 0 Å². The van der Waals surface area contributed by atoms with Crippen LogP contribution < -0.4 is 0 Å². The topological polar surface area (TPSA) is 20.2 Å². The minimum Gasteiger partial charge on any atom is -0.507 e. The number of phenolic OH excluding ortho intramolecular Hbond substituents is 1. The third-order valence-electron chi connectivity index (χ3n) is 3.07. The largest absolute Gasteiger partial charge is 0.507 e. The second-order valence-electron chi connectivity index (χ2n) is 3.77. The van der Waals surface area contributed by atoms with Gasteiger partial charge in [-0.25, -0.2) is 0 Å². The van der Waals surface area contributed by atoms with Crippen LogP contribution >= 0.6 is 0 Å². The van der Waals surface area contributed by atoms with E-state index in [1.54, 1.807) is 0 Å². The van der Waals surface area contributed by atoms with Crippen LogP contribution in [-0.2, 0) is 0 Å². The van der Waals surface area contributed by atoms with E-state index >= 15 is 0 Å². The Hall–Kier alpha value is -1.50. The van der Waals surface area contributed by atoms with E-state index in [0.717, 1.165) is 16.3 Å². The fourth-order valence-electron chi connectivity index (χ4n) is 1.88. The molecule has 1 nitrogen and oxygen atoms in total. The zero-order chi connectivity index (χ0) is 10.3. The lowest BCUT2D eigenvalue weighted by Gasteiger charge is -2.11. The summed E-state index contributed by atoms with van der Waals surface area (Å²) in [6.07, 6.45) is 0. The highest BCUT2D eigenvalue weighted by atomic mass is 16.3. The molecule has 0 aromatic heterocycles. The lowest BCUT2D eigenvalue weighted by molar-refractivity contribution is 0.477. The lowest BCUT2D eigenvalue weighted by atomic mass is 9.95. The molecule has 0 fully saturated rings. The summed E-state index contributed by atoms with van der Waals surface area (Å²) in [5.74, 6) is 0.420. The van der Waals surface area contributed by atoms with E-state index in [-0.39, 0.29) is 0 Å². The Bertz CT molecular complexity index is 452. The number of hydrogen-bond acceptors (Lipinski definition) is 1. The monoisotopic (exact) mass is 186 g/mol. The van der Waals surface area contributed by atoms with Crippen LogP contribution in [0.5, 0.6) is 5.75 Å². The van der Waals surface area contributed by atoms with Gasteiger partial charge in [0, 0.05) is 5.39 Å². The summed E-state index contributed by atoms with van der Waals surface area (Å²) in [6, 6.07) is 7.97. The van der Waals surface area contributed by atoms with Crippen molar-refractivity contribution in [2.45, 2.75) is 20.8 Å². The predicted octanol–water partition coefficient (Wildman–Crippen LogP) is 3.47. The molecule has 0 spiro atoms. The zero-order valence-electron chi connectivity index (χ0n) is 8.76. The van der Waals surface area contributed by atoms with Gasteiger partial charge in [0.05, 0.1) is 0 Å². The van der Waals surface area contributed by atoms with E-state index in [9.17, 15) is 5.11 Å². The van der Waals surface area contributed by atoms with E-state index in [0.29, 0.717) is 5.75 Å². The molecular formula is C13H14O. The van der Waals surface area contributed by atoms with Crippen molar-refractivity contribution in [2.75, 3.05) is 0 Å². The van der Waals surface area contributed by atoms with E-state index in [1.807, 2.05) is 25.1 Å². The van der Waals surface area contributed by atoms with Crippen molar-refractivity contribution in [1.82, 2.24) is 0 Å². The smallest absolute Gasteiger partial charge is 0.126 e. The molecule has 0 saturated carbocycles. The molecule has 14 heavy (non-hydrogen) atoms. The Labute approximate surface area is 84.0 Å². The lowest BCUT2D eigenvalue weighted by Crippen LogP contribution is -1.89. The summed E-state index contributed by atoms with van der Waals surface area (Å²) < 4.78 is 0. The highest BCUT2D eigenvalue weighted by Gasteiger charge is 2.09. The Morgan fingerprint density at radius 2 is 1.36 bits per heavy atom. The van der Waals surface area contributed by atoms with Crippen LogP contribution in [0.2, 0.25) is 0 Å². The van der Waals surface area contributed by atoms with Crippen molar-refractivity contribution >= 4 is 10.8 Å². The van der Waals surface area contributed by atoms with Crippen LogP contribution in [-0.4, -0.2) is 5.11 Å². The van der Waals surface area contributed by atoms with Gasteiger partial charge in [-0.05, 0) is 42.8 Å². The molecule has 0 aliphatic heterocycles. The number of benzene rings is 2. The summed E-state index contributed by atoms with van der Waals surface area (Å²) >= 11 is 0. The maximum atomic E-state index is 9.96. The van der Waals surface area contributed by atoms with Crippen LogP contribution in [0.1, 0.15) is 16.7 Å². The highest BCUT2D eigenvalue weighted by molar-refractivity contribution is 5.92. The molecule has 2 rings (SSSR count). The Morgan fingerprint density at radius 1 is 0.786 bits per heavy atom. The summed E-state index contributed by atoms with van der Waals surface area (Å²) in [6.45, 7) is 6.12. The number of aromatic hydroxyl groups is 1. The second kappa shape index (κ2) is 3.02. The quantitative estimate of drug-likeness (QED) is 0.668. The molecule has 0 unspecified atom stereocenters. The second-order valence-corrected chi connectivity index (χ2v) is 3.77. The number of aryl methyl sites for hydroxylation is 1. The molecule has 0 radical (unpaired) electrons. The molecular weight excluding hydrogens is 172 g/mol. The maximum Gasteiger partial charge on any atom is 0.126 e. The standard InChI is InChI=1S/C13H14O/c1-8-9(2)11-6-4-5-7-12(11)13(14)10(8)3/h4-7,14H,1-3H3. The van der Waals surface area contributed by atoms with Crippen LogP contribution in [0, 0.1) is 20.8 Å². The number of fused-ring (bicyclic) bond motifs is 1. The molecule has 1 N–H and O–H groups in total. The molecule has 0 amide bonds. The van der Waals surface area contributed by atoms with Gasteiger partial charge < -0.3 is 5.11 Å². The Kier molecular flexibility index (Phi) is 1.95. The van der Waals surface area contributed by atoms with Gasteiger partial charge in [0.25, 0.3) is 0 Å². The number of phenols is 1. The minimum atomic E-state index is 0.420. The number of rotatable bonds is 0. The molecule has 0 aliphatic carbocycles. The first-order valence-electron chi connectivity index (χ1n) is 4.80. The van der Waals surface area contributed by atoms with Crippen LogP contribution in [0.15, 0.2) is 24.3 Å². The van der Waals surface area contributed by atoms with Gasteiger partial charge in [-0.2, -0.15) is 0 Å².